The van der Waals surface area contributed by atoms with E-state index in [9.17, 15) is 5.11 Å². The van der Waals surface area contributed by atoms with Gasteiger partial charge in [0.05, 0.1) is 17.2 Å². The minimum Gasteiger partial charge on any atom is -0.391 e. The van der Waals surface area contributed by atoms with Gasteiger partial charge in [-0.15, -0.1) is 0 Å². The lowest BCUT2D eigenvalue weighted by Crippen LogP contribution is -2.16. The molecule has 0 aliphatic rings. The lowest BCUT2D eigenvalue weighted by molar-refractivity contribution is 0.284. The summed E-state index contributed by atoms with van der Waals surface area (Å²) in [6, 6.07) is 7.82. The van der Waals surface area contributed by atoms with Crippen LogP contribution < -0.4 is 4.90 Å². The zero-order valence-corrected chi connectivity index (χ0v) is 12.6. The standard InChI is InChI=1S/C14H17ClN2OS/c1-3-12-13(9-18)19-14(16-12)17(2)8-10-5-4-6-11(15)7-10/h4-7,18H,3,8-9H2,1-2H3. The van der Waals surface area contributed by atoms with E-state index in [-0.39, 0.29) is 6.61 Å². The Balaban J connectivity index is 2.15. The Bertz CT molecular complexity index is 535. The van der Waals surface area contributed by atoms with Gasteiger partial charge in [-0.3, -0.25) is 0 Å². The average molecular weight is 297 g/mol. The minimum absolute atomic E-state index is 0.0614. The van der Waals surface area contributed by atoms with Crippen LogP contribution in [-0.4, -0.2) is 17.1 Å². The smallest absolute Gasteiger partial charge is 0.185 e. The lowest BCUT2D eigenvalue weighted by atomic mass is 10.2. The second-order valence-electron chi connectivity index (χ2n) is 4.36. The summed E-state index contributed by atoms with van der Waals surface area (Å²) in [5.74, 6) is 0. The van der Waals surface area contributed by atoms with Gasteiger partial charge in [-0.25, -0.2) is 4.98 Å². The van der Waals surface area contributed by atoms with Gasteiger partial charge in [-0.1, -0.05) is 42.0 Å². The summed E-state index contributed by atoms with van der Waals surface area (Å²) in [5.41, 5.74) is 2.13. The van der Waals surface area contributed by atoms with Crippen molar-refractivity contribution >= 4 is 28.1 Å². The molecule has 0 atom stereocenters. The van der Waals surface area contributed by atoms with Crippen molar-refractivity contribution in [3.8, 4) is 0 Å². The number of aromatic nitrogens is 1. The first-order chi connectivity index (χ1) is 9.13. The van der Waals surface area contributed by atoms with Gasteiger partial charge in [-0.05, 0) is 24.1 Å². The largest absolute Gasteiger partial charge is 0.391 e. The normalized spacial score (nSPS) is 10.7. The summed E-state index contributed by atoms with van der Waals surface area (Å²) in [6.07, 6.45) is 0.845. The molecule has 102 valence electrons. The zero-order valence-electron chi connectivity index (χ0n) is 11.1. The maximum atomic E-state index is 9.31. The van der Waals surface area contributed by atoms with Gasteiger partial charge in [-0.2, -0.15) is 0 Å². The second kappa shape index (κ2) is 6.37. The van der Waals surface area contributed by atoms with Crippen LogP contribution >= 0.6 is 22.9 Å². The van der Waals surface area contributed by atoms with E-state index in [0.717, 1.165) is 39.3 Å². The molecular formula is C14H17ClN2OS. The predicted molar refractivity (Wildman–Crippen MR) is 81.0 cm³/mol. The molecule has 0 saturated heterocycles. The molecule has 3 nitrogen and oxygen atoms in total. The van der Waals surface area contributed by atoms with Gasteiger partial charge in [0.15, 0.2) is 5.13 Å². The van der Waals surface area contributed by atoms with Crippen LogP contribution in [0.2, 0.25) is 5.02 Å². The fraction of sp³-hybridized carbons (Fsp3) is 0.357. The molecule has 2 aromatic rings. The number of hydrogen-bond acceptors (Lipinski definition) is 4. The number of anilines is 1. The molecule has 1 heterocycles. The third-order valence-electron chi connectivity index (χ3n) is 2.88. The van der Waals surface area contributed by atoms with Crippen LogP contribution in [0.15, 0.2) is 24.3 Å². The molecule has 0 saturated carbocycles. The van der Waals surface area contributed by atoms with Crippen molar-refractivity contribution in [2.45, 2.75) is 26.5 Å². The highest BCUT2D eigenvalue weighted by Gasteiger charge is 2.12. The Morgan fingerprint density at radius 2 is 2.21 bits per heavy atom. The molecular weight excluding hydrogens is 280 g/mol. The predicted octanol–water partition coefficient (Wildman–Crippen LogP) is 3.49. The van der Waals surface area contributed by atoms with Gasteiger partial charge < -0.3 is 10.0 Å². The molecule has 0 amide bonds. The fourth-order valence-corrected chi connectivity index (χ4v) is 3.09. The van der Waals surface area contributed by atoms with Crippen LogP contribution in [0, 0.1) is 0 Å². The van der Waals surface area contributed by atoms with E-state index < -0.39 is 0 Å². The van der Waals surface area contributed by atoms with E-state index in [1.807, 2.05) is 31.3 Å². The van der Waals surface area contributed by atoms with Crippen molar-refractivity contribution in [1.82, 2.24) is 4.98 Å². The molecule has 0 fully saturated rings. The number of halogens is 1. The number of benzene rings is 1. The number of thiazole rings is 1. The SMILES string of the molecule is CCc1nc(N(C)Cc2cccc(Cl)c2)sc1CO. The maximum Gasteiger partial charge on any atom is 0.185 e. The van der Waals surface area contributed by atoms with Gasteiger partial charge in [0, 0.05) is 18.6 Å². The van der Waals surface area contributed by atoms with Crippen molar-refractivity contribution in [2.75, 3.05) is 11.9 Å². The number of rotatable bonds is 5. The third-order valence-corrected chi connectivity index (χ3v) is 4.31. The number of aliphatic hydroxyl groups is 1. The highest BCUT2D eigenvalue weighted by Crippen LogP contribution is 2.27. The molecule has 1 N–H and O–H groups in total. The van der Waals surface area contributed by atoms with E-state index in [0.29, 0.717) is 0 Å². The Hall–Kier alpha value is -1.10. The first-order valence-electron chi connectivity index (χ1n) is 6.19. The first-order valence-corrected chi connectivity index (χ1v) is 7.38. The second-order valence-corrected chi connectivity index (χ2v) is 5.86. The van der Waals surface area contributed by atoms with Gasteiger partial charge >= 0.3 is 0 Å². The summed E-state index contributed by atoms with van der Waals surface area (Å²) in [6.45, 7) is 2.86. The molecule has 0 bridgehead atoms. The Morgan fingerprint density at radius 3 is 2.79 bits per heavy atom. The van der Waals surface area contributed by atoms with Crippen molar-refractivity contribution in [3.63, 3.8) is 0 Å². The monoisotopic (exact) mass is 296 g/mol. The zero-order chi connectivity index (χ0) is 13.8. The van der Waals surface area contributed by atoms with Crippen LogP contribution in [-0.2, 0) is 19.6 Å². The van der Waals surface area contributed by atoms with Gasteiger partial charge in [0.1, 0.15) is 0 Å². The molecule has 0 aliphatic carbocycles. The number of hydrogen-bond donors (Lipinski definition) is 1. The van der Waals surface area contributed by atoms with Crippen LogP contribution in [0.3, 0.4) is 0 Å². The number of aliphatic hydroxyl groups excluding tert-OH is 1. The molecule has 5 heteroatoms. The summed E-state index contributed by atoms with van der Waals surface area (Å²) >= 11 is 7.53. The summed E-state index contributed by atoms with van der Waals surface area (Å²) in [7, 11) is 2.00. The third kappa shape index (κ3) is 3.47. The van der Waals surface area contributed by atoms with E-state index in [1.165, 1.54) is 0 Å². The van der Waals surface area contributed by atoms with Crippen molar-refractivity contribution < 1.29 is 5.11 Å². The highest BCUT2D eigenvalue weighted by molar-refractivity contribution is 7.15. The molecule has 2 rings (SSSR count). The Labute approximate surface area is 122 Å². The van der Waals surface area contributed by atoms with E-state index in [2.05, 4.69) is 16.8 Å². The molecule has 1 aromatic carbocycles. The minimum atomic E-state index is 0.0614. The van der Waals surface area contributed by atoms with E-state index in [4.69, 9.17) is 11.6 Å². The van der Waals surface area contributed by atoms with Crippen molar-refractivity contribution in [2.24, 2.45) is 0 Å². The molecule has 0 radical (unpaired) electrons. The quantitative estimate of drug-likeness (QED) is 0.917. The highest BCUT2D eigenvalue weighted by atomic mass is 35.5. The molecule has 0 spiro atoms. The summed E-state index contributed by atoms with van der Waals surface area (Å²) in [4.78, 5) is 7.60. The van der Waals surface area contributed by atoms with E-state index in [1.54, 1.807) is 11.3 Å². The van der Waals surface area contributed by atoms with Crippen molar-refractivity contribution in [3.05, 3.63) is 45.4 Å². The molecule has 19 heavy (non-hydrogen) atoms. The Morgan fingerprint density at radius 1 is 1.42 bits per heavy atom. The van der Waals surface area contributed by atoms with E-state index >= 15 is 0 Å². The number of aryl methyl sites for hydroxylation is 1. The molecule has 1 aromatic heterocycles. The Kier molecular flexibility index (Phi) is 4.80. The van der Waals surface area contributed by atoms with Crippen LogP contribution in [0.25, 0.3) is 0 Å². The molecule has 0 aliphatic heterocycles. The maximum absolute atomic E-state index is 9.31. The molecule has 0 unspecified atom stereocenters. The average Bonchev–Trinajstić information content (AvgIpc) is 2.82. The topological polar surface area (TPSA) is 36.4 Å². The number of nitrogens with zero attached hydrogens (tertiary/aromatic N) is 2. The fourth-order valence-electron chi connectivity index (χ4n) is 1.91. The summed E-state index contributed by atoms with van der Waals surface area (Å²) in [5, 5.41) is 11.0. The van der Waals surface area contributed by atoms with Crippen LogP contribution in [0.4, 0.5) is 5.13 Å². The van der Waals surface area contributed by atoms with Crippen LogP contribution in [0.1, 0.15) is 23.1 Å². The van der Waals surface area contributed by atoms with Crippen LogP contribution in [0.5, 0.6) is 0 Å². The first kappa shape index (κ1) is 14.3. The van der Waals surface area contributed by atoms with Crippen molar-refractivity contribution in [1.29, 1.82) is 0 Å². The van der Waals surface area contributed by atoms with Gasteiger partial charge in [0.2, 0.25) is 0 Å². The lowest BCUT2D eigenvalue weighted by Gasteiger charge is -2.15. The van der Waals surface area contributed by atoms with Gasteiger partial charge in [0.25, 0.3) is 0 Å². The summed E-state index contributed by atoms with van der Waals surface area (Å²) < 4.78 is 0.